The van der Waals surface area contributed by atoms with Gasteiger partial charge >= 0.3 is 0 Å². The minimum absolute atomic E-state index is 0.0875. The van der Waals surface area contributed by atoms with E-state index in [4.69, 9.17) is 4.99 Å². The molecule has 1 aliphatic carbocycles. The number of rotatable bonds is 4. The summed E-state index contributed by atoms with van der Waals surface area (Å²) >= 11 is 1.79. The summed E-state index contributed by atoms with van der Waals surface area (Å²) in [6, 6.07) is 8.79. The van der Waals surface area contributed by atoms with E-state index in [0.717, 1.165) is 10.9 Å². The number of aryl methyl sites for hydroxylation is 1. The van der Waals surface area contributed by atoms with E-state index in [2.05, 4.69) is 31.0 Å². The first-order valence-corrected chi connectivity index (χ1v) is 10.3. The minimum atomic E-state index is 0.0875. The number of carbonyl (C=O) groups is 1. The van der Waals surface area contributed by atoms with Gasteiger partial charge in [-0.2, -0.15) is 0 Å². The molecule has 4 nitrogen and oxygen atoms in total. The van der Waals surface area contributed by atoms with Crippen molar-refractivity contribution in [2.45, 2.75) is 64.7 Å². The van der Waals surface area contributed by atoms with Gasteiger partial charge in [-0.1, -0.05) is 55.3 Å². The number of amidine groups is 1. The lowest BCUT2D eigenvalue weighted by atomic mass is 9.96. The Morgan fingerprint density at radius 3 is 2.68 bits per heavy atom. The second kappa shape index (κ2) is 8.26. The number of nitrogens with zero attached hydrogens (tertiary/aromatic N) is 3. The molecule has 25 heavy (non-hydrogen) atoms. The monoisotopic (exact) mass is 359 g/mol. The third-order valence-electron chi connectivity index (χ3n) is 5.34. The fraction of sp³-hybridized carbons (Fsp3) is 0.600. The molecular weight excluding hydrogens is 330 g/mol. The summed E-state index contributed by atoms with van der Waals surface area (Å²) in [5.41, 5.74) is 2.45. The van der Waals surface area contributed by atoms with Gasteiger partial charge in [0.15, 0.2) is 5.17 Å². The third kappa shape index (κ3) is 4.38. The predicted molar refractivity (Wildman–Crippen MR) is 106 cm³/mol. The van der Waals surface area contributed by atoms with Gasteiger partial charge in [0.05, 0.1) is 6.04 Å². The van der Waals surface area contributed by atoms with Crippen molar-refractivity contribution in [1.82, 2.24) is 9.80 Å². The van der Waals surface area contributed by atoms with Crippen LogP contribution in [-0.2, 0) is 11.3 Å². The summed E-state index contributed by atoms with van der Waals surface area (Å²) in [6.45, 7) is 4.44. The first-order chi connectivity index (χ1) is 12.1. The van der Waals surface area contributed by atoms with E-state index in [1.54, 1.807) is 18.7 Å². The van der Waals surface area contributed by atoms with E-state index < -0.39 is 0 Å². The summed E-state index contributed by atoms with van der Waals surface area (Å²) in [6.07, 6.45) is 6.45. The van der Waals surface area contributed by atoms with Crippen molar-refractivity contribution in [3.05, 3.63) is 35.4 Å². The van der Waals surface area contributed by atoms with E-state index in [0.29, 0.717) is 12.6 Å². The van der Waals surface area contributed by atoms with Crippen molar-refractivity contribution in [3.8, 4) is 0 Å². The second-order valence-electron chi connectivity index (χ2n) is 7.18. The smallest absolute Gasteiger partial charge is 0.221 e. The summed E-state index contributed by atoms with van der Waals surface area (Å²) in [7, 11) is 2.08. The highest BCUT2D eigenvalue weighted by Gasteiger charge is 2.34. The average molecular weight is 360 g/mol. The van der Waals surface area contributed by atoms with Gasteiger partial charge < -0.3 is 9.80 Å². The summed E-state index contributed by atoms with van der Waals surface area (Å²) < 4.78 is 0. The van der Waals surface area contributed by atoms with Gasteiger partial charge in [-0.05, 0) is 30.9 Å². The van der Waals surface area contributed by atoms with Crippen LogP contribution in [0.3, 0.4) is 0 Å². The molecule has 1 heterocycles. The van der Waals surface area contributed by atoms with Crippen molar-refractivity contribution in [1.29, 1.82) is 0 Å². The molecule has 5 heteroatoms. The SMILES string of the molecule is CC(=O)N(Cc1ccccc1C)C1CSC(=NC2CCCCC2)N1C. The zero-order valence-corrected chi connectivity index (χ0v) is 16.4. The standard InChI is InChI=1S/C20H29N3OS/c1-15-9-7-8-10-17(15)13-23(16(2)24)19-14-25-20(22(19)3)21-18-11-5-4-6-12-18/h7-10,18-19H,4-6,11-14H2,1-3H3. The number of carbonyl (C=O) groups excluding carboxylic acids is 1. The van der Waals surface area contributed by atoms with Crippen LogP contribution in [0.4, 0.5) is 0 Å². The molecule has 1 aromatic rings. The highest BCUT2D eigenvalue weighted by atomic mass is 32.2. The molecule has 1 aromatic carbocycles. The highest BCUT2D eigenvalue weighted by Crippen LogP contribution is 2.29. The number of aliphatic imine (C=N–C) groups is 1. The lowest BCUT2D eigenvalue weighted by Gasteiger charge is -2.33. The quantitative estimate of drug-likeness (QED) is 0.814. The molecule has 2 aliphatic rings. The van der Waals surface area contributed by atoms with Crippen LogP contribution in [0.25, 0.3) is 0 Å². The first-order valence-electron chi connectivity index (χ1n) is 9.31. The second-order valence-corrected chi connectivity index (χ2v) is 8.17. The zero-order valence-electron chi connectivity index (χ0n) is 15.6. The molecule has 136 valence electrons. The summed E-state index contributed by atoms with van der Waals surface area (Å²) in [4.78, 5) is 21.5. The number of hydrogen-bond acceptors (Lipinski definition) is 3. The molecule has 0 N–H and O–H groups in total. The van der Waals surface area contributed by atoms with Crippen molar-refractivity contribution in [2.24, 2.45) is 4.99 Å². The molecule has 1 unspecified atom stereocenters. The van der Waals surface area contributed by atoms with Crippen LogP contribution in [0.1, 0.15) is 50.2 Å². The zero-order chi connectivity index (χ0) is 17.8. The predicted octanol–water partition coefficient (Wildman–Crippen LogP) is 4.04. The van der Waals surface area contributed by atoms with Crippen LogP contribution >= 0.6 is 11.8 Å². The minimum Gasteiger partial charge on any atom is -0.333 e. The molecule has 0 bridgehead atoms. The Hall–Kier alpha value is -1.49. The Morgan fingerprint density at radius 1 is 1.28 bits per heavy atom. The molecule has 3 rings (SSSR count). The van der Waals surface area contributed by atoms with E-state index in [-0.39, 0.29) is 12.1 Å². The lowest BCUT2D eigenvalue weighted by Crippen LogP contribution is -2.47. The third-order valence-corrected chi connectivity index (χ3v) is 6.46. The topological polar surface area (TPSA) is 35.9 Å². The van der Waals surface area contributed by atoms with Crippen LogP contribution in [-0.4, -0.2) is 45.9 Å². The van der Waals surface area contributed by atoms with Gasteiger partial charge in [-0.15, -0.1) is 0 Å². The van der Waals surface area contributed by atoms with E-state index in [9.17, 15) is 4.79 Å². The Balaban J connectivity index is 1.73. The van der Waals surface area contributed by atoms with Gasteiger partial charge in [0.2, 0.25) is 5.91 Å². The summed E-state index contributed by atoms with van der Waals surface area (Å²) in [5.74, 6) is 1.02. The van der Waals surface area contributed by atoms with E-state index in [1.165, 1.54) is 43.2 Å². The maximum absolute atomic E-state index is 12.3. The summed E-state index contributed by atoms with van der Waals surface area (Å²) in [5, 5.41) is 1.10. The molecule has 1 saturated heterocycles. The number of hydrogen-bond donors (Lipinski definition) is 0. The normalized spacial score (nSPS) is 23.2. The van der Waals surface area contributed by atoms with Gasteiger partial charge in [0.1, 0.15) is 6.17 Å². The molecule has 0 spiro atoms. The molecule has 0 aromatic heterocycles. The lowest BCUT2D eigenvalue weighted by molar-refractivity contribution is -0.133. The van der Waals surface area contributed by atoms with E-state index >= 15 is 0 Å². The Kier molecular flexibility index (Phi) is 6.05. The van der Waals surface area contributed by atoms with Crippen molar-refractivity contribution >= 4 is 22.8 Å². The van der Waals surface area contributed by atoms with Crippen LogP contribution in [0.2, 0.25) is 0 Å². The Labute approximate surface area is 155 Å². The van der Waals surface area contributed by atoms with Gasteiger partial charge in [0.25, 0.3) is 0 Å². The fourth-order valence-corrected chi connectivity index (χ4v) is 4.93. The number of benzene rings is 1. The van der Waals surface area contributed by atoms with Crippen molar-refractivity contribution in [3.63, 3.8) is 0 Å². The number of thioether (sulfide) groups is 1. The molecule has 1 saturated carbocycles. The van der Waals surface area contributed by atoms with Crippen LogP contribution in [0, 0.1) is 6.92 Å². The van der Waals surface area contributed by atoms with Crippen LogP contribution in [0.5, 0.6) is 0 Å². The number of amides is 1. The Bertz CT molecular complexity index is 640. The van der Waals surface area contributed by atoms with Gasteiger partial charge in [0, 0.05) is 26.3 Å². The molecule has 1 atom stereocenters. The van der Waals surface area contributed by atoms with Crippen molar-refractivity contribution < 1.29 is 4.79 Å². The molecule has 1 amide bonds. The molecule has 1 aliphatic heterocycles. The van der Waals surface area contributed by atoms with Gasteiger partial charge in [-0.3, -0.25) is 9.79 Å². The van der Waals surface area contributed by atoms with Gasteiger partial charge in [-0.25, -0.2) is 0 Å². The van der Waals surface area contributed by atoms with E-state index in [1.807, 2.05) is 17.0 Å². The molecule has 2 fully saturated rings. The Morgan fingerprint density at radius 2 is 2.00 bits per heavy atom. The average Bonchev–Trinajstić information content (AvgIpc) is 2.95. The van der Waals surface area contributed by atoms with Crippen molar-refractivity contribution in [2.75, 3.05) is 12.8 Å². The maximum Gasteiger partial charge on any atom is 0.221 e. The van der Waals surface area contributed by atoms with Crippen LogP contribution < -0.4 is 0 Å². The fourth-order valence-electron chi connectivity index (χ4n) is 3.68. The molecule has 0 radical (unpaired) electrons. The maximum atomic E-state index is 12.3. The largest absolute Gasteiger partial charge is 0.333 e. The first kappa shape index (κ1) is 18.3. The molecular formula is C20H29N3OS. The van der Waals surface area contributed by atoms with Crippen LogP contribution in [0.15, 0.2) is 29.3 Å². The highest BCUT2D eigenvalue weighted by molar-refractivity contribution is 8.14.